The molecule has 3 N–H and O–H groups in total. The van der Waals surface area contributed by atoms with Crippen LogP contribution in [-0.2, 0) is 11.2 Å². The number of thiazole rings is 1. The summed E-state index contributed by atoms with van der Waals surface area (Å²) in [6.45, 7) is 3.81. The van der Waals surface area contributed by atoms with E-state index in [4.69, 9.17) is 22.3 Å². The van der Waals surface area contributed by atoms with Gasteiger partial charge in [0.05, 0.1) is 22.3 Å². The number of hydrogen-bond acceptors (Lipinski definition) is 6. The average Bonchev–Trinajstić information content (AvgIpc) is 3.24. The first-order valence-corrected chi connectivity index (χ1v) is 11.7. The number of benzene rings is 2. The average molecular weight is 491 g/mol. The second-order valence-electron chi connectivity index (χ2n) is 7.81. The highest BCUT2D eigenvalue weighted by Crippen LogP contribution is 2.41. The topological polar surface area (TPSA) is 101 Å². The van der Waals surface area contributed by atoms with Crippen molar-refractivity contribution in [2.75, 3.05) is 7.05 Å². The lowest BCUT2D eigenvalue weighted by molar-refractivity contribution is -0.136. The van der Waals surface area contributed by atoms with Crippen LogP contribution in [0, 0.1) is 6.92 Å². The minimum atomic E-state index is -0.879. The SMILES string of the molecule is CN=C(C)/C(=C\N)c1cc(-c2nc3cc(C)c(CC(=O)O)c(-c4ccc(Cl)cc4)c3s2)ccn1. The van der Waals surface area contributed by atoms with E-state index in [0.717, 1.165) is 54.3 Å². The number of carbonyl (C=O) groups is 1. The lowest BCUT2D eigenvalue weighted by Gasteiger charge is -2.13. The zero-order valence-electron chi connectivity index (χ0n) is 19.0. The zero-order chi connectivity index (χ0) is 24.4. The van der Waals surface area contributed by atoms with Crippen molar-refractivity contribution >= 4 is 50.4 Å². The second-order valence-corrected chi connectivity index (χ2v) is 9.25. The maximum absolute atomic E-state index is 11.7. The Morgan fingerprint density at radius 3 is 2.59 bits per heavy atom. The monoisotopic (exact) mass is 490 g/mol. The summed E-state index contributed by atoms with van der Waals surface area (Å²) < 4.78 is 0.929. The lowest BCUT2D eigenvalue weighted by Crippen LogP contribution is -2.04. The van der Waals surface area contributed by atoms with Crippen LogP contribution in [-0.4, -0.2) is 33.8 Å². The highest BCUT2D eigenvalue weighted by atomic mass is 35.5. The molecule has 6 nitrogen and oxygen atoms in total. The number of aliphatic carboxylic acids is 1. The standard InChI is InChI=1S/C26H23ClN4O2S/c1-14-10-22-25(24(19(14)12-23(32)33)16-4-6-18(27)7-5-16)34-26(31-22)17-8-9-30-21(11-17)20(13-28)15(2)29-3/h4-11,13H,12,28H2,1-3H3,(H,32,33)/b20-13+,29-15?. The van der Waals surface area contributed by atoms with Gasteiger partial charge in [-0.25, -0.2) is 4.98 Å². The van der Waals surface area contributed by atoms with Gasteiger partial charge in [0.1, 0.15) is 5.01 Å². The van der Waals surface area contributed by atoms with Crippen molar-refractivity contribution in [2.24, 2.45) is 10.7 Å². The van der Waals surface area contributed by atoms with Gasteiger partial charge in [0.25, 0.3) is 0 Å². The Morgan fingerprint density at radius 2 is 1.94 bits per heavy atom. The number of aromatic nitrogens is 2. The molecule has 0 radical (unpaired) electrons. The van der Waals surface area contributed by atoms with Gasteiger partial charge in [-0.1, -0.05) is 23.7 Å². The molecule has 0 saturated heterocycles. The smallest absolute Gasteiger partial charge is 0.307 e. The molecule has 0 aliphatic rings. The molecular formula is C26H23ClN4O2S. The van der Waals surface area contributed by atoms with Gasteiger partial charge in [0.2, 0.25) is 0 Å². The fraction of sp³-hybridized carbons (Fsp3) is 0.154. The quantitative estimate of drug-likeness (QED) is 0.322. The summed E-state index contributed by atoms with van der Waals surface area (Å²) in [6.07, 6.45) is 3.16. The van der Waals surface area contributed by atoms with Crippen LogP contribution in [0.2, 0.25) is 5.02 Å². The Labute approximate surface area is 206 Å². The van der Waals surface area contributed by atoms with E-state index in [1.165, 1.54) is 17.5 Å². The summed E-state index contributed by atoms with van der Waals surface area (Å²) in [6, 6.07) is 13.2. The highest BCUT2D eigenvalue weighted by Gasteiger charge is 2.20. The minimum absolute atomic E-state index is 0.0767. The van der Waals surface area contributed by atoms with Crippen LogP contribution in [0.4, 0.5) is 0 Å². The summed E-state index contributed by atoms with van der Waals surface area (Å²) in [5.74, 6) is -0.879. The van der Waals surface area contributed by atoms with E-state index in [-0.39, 0.29) is 6.42 Å². The van der Waals surface area contributed by atoms with Gasteiger partial charge in [0.15, 0.2) is 0 Å². The lowest BCUT2D eigenvalue weighted by atomic mass is 9.93. The molecule has 2 heterocycles. The predicted octanol–water partition coefficient (Wildman–Crippen LogP) is 6.00. The third-order valence-corrected chi connectivity index (χ3v) is 7.04. The summed E-state index contributed by atoms with van der Waals surface area (Å²) in [5, 5.41) is 11.0. The van der Waals surface area contributed by atoms with E-state index >= 15 is 0 Å². The second kappa shape index (κ2) is 9.75. The molecule has 0 saturated carbocycles. The minimum Gasteiger partial charge on any atom is -0.481 e. The van der Waals surface area contributed by atoms with Crippen LogP contribution in [0.25, 0.3) is 37.5 Å². The van der Waals surface area contributed by atoms with E-state index in [2.05, 4.69) is 9.98 Å². The maximum Gasteiger partial charge on any atom is 0.307 e. The molecule has 2 aromatic carbocycles. The summed E-state index contributed by atoms with van der Waals surface area (Å²) in [5.41, 5.74) is 13.3. The molecular weight excluding hydrogens is 468 g/mol. The van der Waals surface area contributed by atoms with Crippen LogP contribution < -0.4 is 5.73 Å². The van der Waals surface area contributed by atoms with Gasteiger partial charge in [-0.2, -0.15) is 0 Å². The van der Waals surface area contributed by atoms with Gasteiger partial charge >= 0.3 is 5.97 Å². The Morgan fingerprint density at radius 1 is 1.21 bits per heavy atom. The molecule has 0 aliphatic heterocycles. The molecule has 0 atom stereocenters. The Bertz CT molecular complexity index is 1460. The largest absolute Gasteiger partial charge is 0.481 e. The van der Waals surface area contributed by atoms with Crippen LogP contribution in [0.1, 0.15) is 23.7 Å². The maximum atomic E-state index is 11.7. The van der Waals surface area contributed by atoms with E-state index in [9.17, 15) is 9.90 Å². The molecule has 4 aromatic rings. The van der Waals surface area contributed by atoms with Crippen LogP contribution >= 0.6 is 22.9 Å². The van der Waals surface area contributed by atoms with Crippen LogP contribution in [0.15, 0.2) is 59.9 Å². The van der Waals surface area contributed by atoms with Crippen molar-refractivity contribution in [1.29, 1.82) is 0 Å². The summed E-state index contributed by atoms with van der Waals surface area (Å²) in [7, 11) is 1.71. The number of carboxylic acid groups (broad SMARTS) is 1. The predicted molar refractivity (Wildman–Crippen MR) is 141 cm³/mol. The number of aliphatic imine (C=N–C) groups is 1. The molecule has 4 rings (SSSR count). The number of pyridine rings is 1. The first-order chi connectivity index (χ1) is 16.3. The van der Waals surface area contributed by atoms with E-state index in [1.807, 2.05) is 56.3 Å². The number of allylic oxidation sites excluding steroid dienone is 1. The van der Waals surface area contributed by atoms with Crippen molar-refractivity contribution in [3.05, 3.63) is 76.7 Å². The molecule has 0 fully saturated rings. The molecule has 0 bridgehead atoms. The normalized spacial score (nSPS) is 12.4. The van der Waals surface area contributed by atoms with Gasteiger partial charge in [-0.3, -0.25) is 14.8 Å². The summed E-state index contributed by atoms with van der Waals surface area (Å²) >= 11 is 7.63. The number of rotatable bonds is 6. The molecule has 172 valence electrons. The third-order valence-electron chi connectivity index (χ3n) is 5.65. The Hall–Kier alpha value is -3.55. The van der Waals surface area contributed by atoms with E-state index in [1.54, 1.807) is 13.2 Å². The molecule has 0 unspecified atom stereocenters. The molecule has 8 heteroatoms. The van der Waals surface area contributed by atoms with Crippen molar-refractivity contribution in [3.8, 4) is 21.7 Å². The fourth-order valence-electron chi connectivity index (χ4n) is 3.88. The van der Waals surface area contributed by atoms with Crippen LogP contribution in [0.5, 0.6) is 0 Å². The first kappa shape index (κ1) is 23.6. The molecule has 0 amide bonds. The van der Waals surface area contributed by atoms with Gasteiger partial charge in [-0.05, 0) is 60.9 Å². The van der Waals surface area contributed by atoms with Crippen molar-refractivity contribution < 1.29 is 9.90 Å². The number of nitrogens with zero attached hydrogens (tertiary/aromatic N) is 3. The molecule has 0 aliphatic carbocycles. The van der Waals surface area contributed by atoms with E-state index < -0.39 is 5.97 Å². The Balaban J connectivity index is 1.93. The number of aryl methyl sites for hydroxylation is 1. The van der Waals surface area contributed by atoms with Crippen molar-refractivity contribution in [2.45, 2.75) is 20.3 Å². The van der Waals surface area contributed by atoms with Crippen molar-refractivity contribution in [3.63, 3.8) is 0 Å². The van der Waals surface area contributed by atoms with Gasteiger partial charge < -0.3 is 10.8 Å². The Kier molecular flexibility index (Phi) is 6.77. The van der Waals surface area contributed by atoms with Crippen LogP contribution in [0.3, 0.4) is 0 Å². The first-order valence-electron chi connectivity index (χ1n) is 10.6. The number of nitrogens with two attached hydrogens (primary N) is 1. The number of hydrogen-bond donors (Lipinski definition) is 2. The molecule has 34 heavy (non-hydrogen) atoms. The molecule has 2 aromatic heterocycles. The third kappa shape index (κ3) is 4.58. The highest BCUT2D eigenvalue weighted by molar-refractivity contribution is 7.22. The number of halogens is 1. The van der Waals surface area contributed by atoms with Crippen molar-refractivity contribution in [1.82, 2.24) is 9.97 Å². The van der Waals surface area contributed by atoms with Gasteiger partial charge in [-0.15, -0.1) is 11.3 Å². The number of fused-ring (bicyclic) bond motifs is 1. The number of carboxylic acids is 1. The molecule has 0 spiro atoms. The fourth-order valence-corrected chi connectivity index (χ4v) is 5.14. The zero-order valence-corrected chi connectivity index (χ0v) is 20.5. The summed E-state index contributed by atoms with van der Waals surface area (Å²) in [4.78, 5) is 25.2. The van der Waals surface area contributed by atoms with Gasteiger partial charge in [0, 0.05) is 46.9 Å². The van der Waals surface area contributed by atoms with E-state index in [0.29, 0.717) is 10.7 Å².